The van der Waals surface area contributed by atoms with E-state index >= 15 is 0 Å². The summed E-state index contributed by atoms with van der Waals surface area (Å²) < 4.78 is 0. The Hall–Kier alpha value is -1.43. The minimum Gasteiger partial charge on any atom is -0.369 e. The number of amides is 2. The average molecular weight is 255 g/mol. The SMILES string of the molecule is CC(=O)[C@H]1CCCC(NC(=O)CCN)[C@H]1C(N)=O. The Balaban J connectivity index is 2.77. The topological polar surface area (TPSA) is 115 Å². The molecule has 102 valence electrons. The van der Waals surface area contributed by atoms with E-state index in [1.54, 1.807) is 0 Å². The van der Waals surface area contributed by atoms with Crippen LogP contribution in [0.2, 0.25) is 0 Å². The predicted molar refractivity (Wildman–Crippen MR) is 66.3 cm³/mol. The van der Waals surface area contributed by atoms with Crippen LogP contribution < -0.4 is 16.8 Å². The molecule has 6 heteroatoms. The number of nitrogens with two attached hydrogens (primary N) is 2. The van der Waals surface area contributed by atoms with Gasteiger partial charge >= 0.3 is 0 Å². The maximum atomic E-state index is 11.5. The van der Waals surface area contributed by atoms with E-state index in [1.807, 2.05) is 0 Å². The molecule has 1 fully saturated rings. The Morgan fingerprint density at radius 3 is 2.44 bits per heavy atom. The Kier molecular flexibility index (Phi) is 5.27. The number of carbonyl (C=O) groups is 3. The van der Waals surface area contributed by atoms with Crippen molar-refractivity contribution in [3.05, 3.63) is 0 Å². The number of nitrogens with one attached hydrogen (secondary N) is 1. The fourth-order valence-electron chi connectivity index (χ4n) is 2.62. The zero-order valence-electron chi connectivity index (χ0n) is 10.6. The van der Waals surface area contributed by atoms with Crippen LogP contribution in [0, 0.1) is 11.8 Å². The summed E-state index contributed by atoms with van der Waals surface area (Å²) in [6, 6.07) is -0.343. The van der Waals surface area contributed by atoms with Crippen LogP contribution in [0.1, 0.15) is 32.6 Å². The van der Waals surface area contributed by atoms with E-state index in [-0.39, 0.29) is 36.6 Å². The van der Waals surface area contributed by atoms with Crippen molar-refractivity contribution in [2.75, 3.05) is 6.54 Å². The molecule has 0 aliphatic heterocycles. The third kappa shape index (κ3) is 3.53. The minimum absolute atomic E-state index is 0.0448. The molecule has 0 heterocycles. The molecule has 1 rings (SSSR count). The fraction of sp³-hybridized carbons (Fsp3) is 0.750. The maximum absolute atomic E-state index is 11.5. The first-order chi connectivity index (χ1) is 8.47. The molecule has 0 aromatic heterocycles. The quantitative estimate of drug-likeness (QED) is 0.603. The van der Waals surface area contributed by atoms with Crippen molar-refractivity contribution < 1.29 is 14.4 Å². The second kappa shape index (κ2) is 6.49. The van der Waals surface area contributed by atoms with Crippen LogP contribution in [-0.2, 0) is 14.4 Å². The molecule has 3 atom stereocenters. The first-order valence-corrected chi connectivity index (χ1v) is 6.26. The molecule has 1 aliphatic rings. The lowest BCUT2D eigenvalue weighted by Crippen LogP contribution is -2.52. The van der Waals surface area contributed by atoms with Crippen molar-refractivity contribution in [3.63, 3.8) is 0 Å². The molecule has 0 aromatic rings. The summed E-state index contributed by atoms with van der Waals surface area (Å²) >= 11 is 0. The highest BCUT2D eigenvalue weighted by Gasteiger charge is 2.40. The normalized spacial score (nSPS) is 27.6. The van der Waals surface area contributed by atoms with Crippen molar-refractivity contribution >= 4 is 17.6 Å². The highest BCUT2D eigenvalue weighted by molar-refractivity contribution is 5.88. The first kappa shape index (κ1) is 14.6. The van der Waals surface area contributed by atoms with Crippen LogP contribution in [-0.4, -0.2) is 30.2 Å². The van der Waals surface area contributed by atoms with E-state index in [9.17, 15) is 14.4 Å². The van der Waals surface area contributed by atoms with Crippen molar-refractivity contribution in [2.24, 2.45) is 23.3 Å². The van der Waals surface area contributed by atoms with Gasteiger partial charge in [0.25, 0.3) is 0 Å². The number of rotatable bonds is 5. The molecular weight excluding hydrogens is 234 g/mol. The average Bonchev–Trinajstić information content (AvgIpc) is 2.28. The van der Waals surface area contributed by atoms with Gasteiger partial charge in [-0.15, -0.1) is 0 Å². The standard InChI is InChI=1S/C12H21N3O3/c1-7(16)8-3-2-4-9(11(8)12(14)18)15-10(17)5-6-13/h8-9,11H,2-6,13H2,1H3,(H2,14,18)(H,15,17)/t8-,9?,11+/m1/s1. The first-order valence-electron chi connectivity index (χ1n) is 6.26. The summed E-state index contributed by atoms with van der Waals surface area (Å²) in [6.45, 7) is 1.72. The van der Waals surface area contributed by atoms with Gasteiger partial charge in [0.1, 0.15) is 5.78 Å². The van der Waals surface area contributed by atoms with Crippen LogP contribution in [0.3, 0.4) is 0 Å². The molecule has 0 bridgehead atoms. The Morgan fingerprint density at radius 1 is 1.28 bits per heavy atom. The number of ketones is 1. The number of carbonyl (C=O) groups excluding carboxylic acids is 3. The van der Waals surface area contributed by atoms with Gasteiger partial charge < -0.3 is 16.8 Å². The Bertz CT molecular complexity index is 343. The van der Waals surface area contributed by atoms with E-state index in [0.717, 1.165) is 6.42 Å². The van der Waals surface area contributed by atoms with Gasteiger partial charge in [-0.3, -0.25) is 14.4 Å². The van der Waals surface area contributed by atoms with Gasteiger partial charge in [-0.25, -0.2) is 0 Å². The summed E-state index contributed by atoms with van der Waals surface area (Å²) in [4.78, 5) is 34.6. The monoisotopic (exact) mass is 255 g/mol. The van der Waals surface area contributed by atoms with Gasteiger partial charge in [0, 0.05) is 24.9 Å². The zero-order chi connectivity index (χ0) is 13.7. The van der Waals surface area contributed by atoms with E-state index in [4.69, 9.17) is 11.5 Å². The summed E-state index contributed by atoms with van der Waals surface area (Å²) in [5, 5.41) is 2.76. The third-order valence-corrected chi connectivity index (χ3v) is 3.47. The van der Waals surface area contributed by atoms with Crippen LogP contribution in [0.15, 0.2) is 0 Å². The molecule has 6 nitrogen and oxygen atoms in total. The number of primary amides is 1. The van der Waals surface area contributed by atoms with Gasteiger partial charge in [0.2, 0.25) is 11.8 Å². The number of hydrogen-bond donors (Lipinski definition) is 3. The highest BCUT2D eigenvalue weighted by Crippen LogP contribution is 2.31. The zero-order valence-corrected chi connectivity index (χ0v) is 10.6. The lowest BCUT2D eigenvalue weighted by Gasteiger charge is -2.35. The molecule has 18 heavy (non-hydrogen) atoms. The van der Waals surface area contributed by atoms with Crippen LogP contribution >= 0.6 is 0 Å². The lowest BCUT2D eigenvalue weighted by molar-refractivity contribution is -0.135. The van der Waals surface area contributed by atoms with Crippen molar-refractivity contribution in [1.29, 1.82) is 0 Å². The number of hydrogen-bond acceptors (Lipinski definition) is 4. The van der Waals surface area contributed by atoms with E-state index in [1.165, 1.54) is 6.92 Å². The Labute approximate surface area is 106 Å². The predicted octanol–water partition coefficient (Wildman–Crippen LogP) is -0.689. The van der Waals surface area contributed by atoms with Gasteiger partial charge in [0.05, 0.1) is 5.92 Å². The van der Waals surface area contributed by atoms with E-state index in [0.29, 0.717) is 12.8 Å². The van der Waals surface area contributed by atoms with Crippen LogP contribution in [0.4, 0.5) is 0 Å². The van der Waals surface area contributed by atoms with E-state index < -0.39 is 11.8 Å². The van der Waals surface area contributed by atoms with Crippen molar-refractivity contribution in [1.82, 2.24) is 5.32 Å². The fourth-order valence-corrected chi connectivity index (χ4v) is 2.62. The third-order valence-electron chi connectivity index (χ3n) is 3.47. The molecule has 0 saturated heterocycles. The summed E-state index contributed by atoms with van der Waals surface area (Å²) in [5.74, 6) is -1.74. The molecule has 1 unspecified atom stereocenters. The molecule has 2 amide bonds. The second-order valence-electron chi connectivity index (χ2n) is 4.79. The van der Waals surface area contributed by atoms with Gasteiger partial charge in [0.15, 0.2) is 0 Å². The number of Topliss-reactive ketones (excluding diaryl/α,β-unsaturated/α-hetero) is 1. The largest absolute Gasteiger partial charge is 0.369 e. The molecule has 5 N–H and O–H groups in total. The molecule has 0 radical (unpaired) electrons. The minimum atomic E-state index is -0.599. The van der Waals surface area contributed by atoms with Crippen molar-refractivity contribution in [3.8, 4) is 0 Å². The molecule has 1 aliphatic carbocycles. The van der Waals surface area contributed by atoms with Crippen molar-refractivity contribution in [2.45, 2.75) is 38.6 Å². The lowest BCUT2D eigenvalue weighted by atomic mass is 9.73. The van der Waals surface area contributed by atoms with Gasteiger partial charge in [-0.05, 0) is 19.8 Å². The summed E-state index contributed by atoms with van der Waals surface area (Å²) in [5.41, 5.74) is 10.7. The summed E-state index contributed by atoms with van der Waals surface area (Å²) in [6.07, 6.45) is 2.36. The summed E-state index contributed by atoms with van der Waals surface area (Å²) in [7, 11) is 0. The molecule has 0 spiro atoms. The second-order valence-corrected chi connectivity index (χ2v) is 4.79. The van der Waals surface area contributed by atoms with Gasteiger partial charge in [-0.2, -0.15) is 0 Å². The molecule has 0 aromatic carbocycles. The highest BCUT2D eigenvalue weighted by atomic mass is 16.2. The smallest absolute Gasteiger partial charge is 0.223 e. The van der Waals surface area contributed by atoms with Crippen LogP contribution in [0.5, 0.6) is 0 Å². The van der Waals surface area contributed by atoms with Crippen LogP contribution in [0.25, 0.3) is 0 Å². The maximum Gasteiger partial charge on any atom is 0.223 e. The van der Waals surface area contributed by atoms with E-state index in [2.05, 4.69) is 5.32 Å². The van der Waals surface area contributed by atoms with Gasteiger partial charge in [-0.1, -0.05) is 6.42 Å². The molecule has 1 saturated carbocycles. The molecular formula is C12H21N3O3. The Morgan fingerprint density at radius 2 is 1.94 bits per heavy atom.